The first kappa shape index (κ1) is 10.6. The van der Waals surface area contributed by atoms with Crippen molar-refractivity contribution in [1.29, 1.82) is 0 Å². The van der Waals surface area contributed by atoms with Crippen LogP contribution in [-0.4, -0.2) is 21.9 Å². The Morgan fingerprint density at radius 3 is 2.62 bits per heavy atom. The molecule has 84 valence electrons. The maximum absolute atomic E-state index is 8.81. The van der Waals surface area contributed by atoms with E-state index in [0.29, 0.717) is 12.5 Å². The first-order chi connectivity index (χ1) is 7.83. The fourth-order valence-corrected chi connectivity index (χ4v) is 1.30. The summed E-state index contributed by atoms with van der Waals surface area (Å²) in [6, 6.07) is 7.34. The van der Waals surface area contributed by atoms with Crippen LogP contribution in [-0.2, 0) is 6.61 Å². The molecule has 16 heavy (non-hydrogen) atoms. The molecule has 0 amide bonds. The monoisotopic (exact) mass is 220 g/mol. The standard InChI is InChI=1S/C11H12N2O3/c1-2-15-9-5-3-8(4-6-9)11-12-10(7-14)13-16-11/h3-6,14H,2,7H2,1H3. The van der Waals surface area contributed by atoms with Crippen LogP contribution in [0.3, 0.4) is 0 Å². The summed E-state index contributed by atoms with van der Waals surface area (Å²) in [5.41, 5.74) is 0.802. The summed E-state index contributed by atoms with van der Waals surface area (Å²) >= 11 is 0. The molecule has 0 aliphatic carbocycles. The van der Waals surface area contributed by atoms with E-state index in [4.69, 9.17) is 14.4 Å². The highest BCUT2D eigenvalue weighted by Gasteiger charge is 2.07. The Hall–Kier alpha value is -1.88. The van der Waals surface area contributed by atoms with Gasteiger partial charge in [-0.2, -0.15) is 4.98 Å². The third kappa shape index (κ3) is 2.20. The molecular formula is C11H12N2O3. The van der Waals surface area contributed by atoms with Crippen molar-refractivity contribution in [3.8, 4) is 17.2 Å². The number of hydrogen-bond acceptors (Lipinski definition) is 5. The molecule has 0 unspecified atom stereocenters. The summed E-state index contributed by atoms with van der Waals surface area (Å²) in [5.74, 6) is 1.48. The lowest BCUT2D eigenvalue weighted by atomic mass is 10.2. The van der Waals surface area contributed by atoms with Crippen molar-refractivity contribution in [2.75, 3.05) is 6.61 Å². The lowest BCUT2D eigenvalue weighted by Crippen LogP contribution is -1.90. The Kier molecular flexibility index (Phi) is 3.16. The van der Waals surface area contributed by atoms with Gasteiger partial charge < -0.3 is 14.4 Å². The van der Waals surface area contributed by atoms with Crippen LogP contribution in [0.5, 0.6) is 5.75 Å². The Labute approximate surface area is 92.7 Å². The smallest absolute Gasteiger partial charge is 0.258 e. The summed E-state index contributed by atoms with van der Waals surface area (Å²) in [6.07, 6.45) is 0. The second-order valence-electron chi connectivity index (χ2n) is 3.13. The molecule has 2 aromatic rings. The zero-order valence-corrected chi connectivity index (χ0v) is 8.88. The Balaban J connectivity index is 2.20. The van der Waals surface area contributed by atoms with Crippen molar-refractivity contribution in [2.45, 2.75) is 13.5 Å². The van der Waals surface area contributed by atoms with Gasteiger partial charge in [0.1, 0.15) is 12.4 Å². The van der Waals surface area contributed by atoms with Crippen LogP contribution in [0.1, 0.15) is 12.7 Å². The minimum absolute atomic E-state index is 0.222. The number of aromatic nitrogens is 2. The fraction of sp³-hybridized carbons (Fsp3) is 0.273. The minimum Gasteiger partial charge on any atom is -0.494 e. The largest absolute Gasteiger partial charge is 0.494 e. The van der Waals surface area contributed by atoms with Gasteiger partial charge in [-0.15, -0.1) is 0 Å². The van der Waals surface area contributed by atoms with Crippen molar-refractivity contribution in [2.24, 2.45) is 0 Å². The Morgan fingerprint density at radius 2 is 2.06 bits per heavy atom. The number of ether oxygens (including phenoxy) is 1. The van der Waals surface area contributed by atoms with Crippen LogP contribution in [0.2, 0.25) is 0 Å². The normalized spacial score (nSPS) is 10.4. The number of nitrogens with zero attached hydrogens (tertiary/aromatic N) is 2. The van der Waals surface area contributed by atoms with Gasteiger partial charge in [0.15, 0.2) is 5.82 Å². The first-order valence-corrected chi connectivity index (χ1v) is 5.00. The number of aliphatic hydroxyl groups is 1. The summed E-state index contributed by atoms with van der Waals surface area (Å²) in [4.78, 5) is 4.01. The Bertz CT molecular complexity index is 451. The van der Waals surface area contributed by atoms with E-state index in [9.17, 15) is 0 Å². The zero-order chi connectivity index (χ0) is 11.4. The van der Waals surface area contributed by atoms with E-state index in [1.807, 2.05) is 31.2 Å². The molecule has 0 saturated carbocycles. The van der Waals surface area contributed by atoms with Gasteiger partial charge in [-0.1, -0.05) is 5.16 Å². The van der Waals surface area contributed by atoms with E-state index in [1.165, 1.54) is 0 Å². The number of benzene rings is 1. The highest BCUT2D eigenvalue weighted by atomic mass is 16.5. The van der Waals surface area contributed by atoms with E-state index in [-0.39, 0.29) is 12.4 Å². The van der Waals surface area contributed by atoms with Crippen LogP contribution in [0.25, 0.3) is 11.5 Å². The number of rotatable bonds is 4. The van der Waals surface area contributed by atoms with Gasteiger partial charge in [0.05, 0.1) is 6.61 Å². The van der Waals surface area contributed by atoms with Crippen LogP contribution in [0, 0.1) is 0 Å². The highest BCUT2D eigenvalue weighted by Crippen LogP contribution is 2.20. The lowest BCUT2D eigenvalue weighted by Gasteiger charge is -2.01. The van der Waals surface area contributed by atoms with Crippen LogP contribution in [0.4, 0.5) is 0 Å². The minimum atomic E-state index is -0.222. The van der Waals surface area contributed by atoms with E-state index in [2.05, 4.69) is 10.1 Å². The molecule has 1 aromatic heterocycles. The van der Waals surface area contributed by atoms with Crippen LogP contribution in [0.15, 0.2) is 28.8 Å². The third-order valence-corrected chi connectivity index (χ3v) is 2.02. The lowest BCUT2D eigenvalue weighted by molar-refractivity contribution is 0.264. The van der Waals surface area contributed by atoms with E-state index in [1.54, 1.807) is 0 Å². The second kappa shape index (κ2) is 4.76. The molecule has 1 N–H and O–H groups in total. The van der Waals surface area contributed by atoms with Crippen molar-refractivity contribution in [1.82, 2.24) is 10.1 Å². The maximum Gasteiger partial charge on any atom is 0.258 e. The Morgan fingerprint density at radius 1 is 1.31 bits per heavy atom. The molecule has 2 rings (SSSR count). The molecule has 1 heterocycles. The van der Waals surface area contributed by atoms with Crippen molar-refractivity contribution < 1.29 is 14.4 Å². The average Bonchev–Trinajstić information content (AvgIpc) is 2.79. The van der Waals surface area contributed by atoms with E-state index < -0.39 is 0 Å². The van der Waals surface area contributed by atoms with Gasteiger partial charge in [-0.05, 0) is 31.2 Å². The summed E-state index contributed by atoms with van der Waals surface area (Å²) in [6.45, 7) is 2.34. The predicted octanol–water partition coefficient (Wildman–Crippen LogP) is 1.63. The number of aliphatic hydroxyl groups excluding tert-OH is 1. The van der Waals surface area contributed by atoms with Crippen LogP contribution < -0.4 is 4.74 Å². The molecule has 0 aliphatic rings. The topological polar surface area (TPSA) is 68.4 Å². The molecule has 0 spiro atoms. The van der Waals surface area contributed by atoms with Crippen molar-refractivity contribution in [3.63, 3.8) is 0 Å². The molecule has 0 bridgehead atoms. The third-order valence-electron chi connectivity index (χ3n) is 2.02. The predicted molar refractivity (Wildman–Crippen MR) is 56.8 cm³/mol. The zero-order valence-electron chi connectivity index (χ0n) is 8.88. The molecule has 0 aliphatic heterocycles. The molecule has 0 radical (unpaired) electrons. The van der Waals surface area contributed by atoms with Crippen LogP contribution >= 0.6 is 0 Å². The van der Waals surface area contributed by atoms with Gasteiger partial charge >= 0.3 is 0 Å². The highest BCUT2D eigenvalue weighted by molar-refractivity contribution is 5.54. The molecule has 0 atom stereocenters. The average molecular weight is 220 g/mol. The van der Waals surface area contributed by atoms with Gasteiger partial charge in [0.2, 0.25) is 0 Å². The SMILES string of the molecule is CCOc1ccc(-c2nc(CO)no2)cc1. The quantitative estimate of drug-likeness (QED) is 0.848. The van der Waals surface area contributed by atoms with E-state index >= 15 is 0 Å². The van der Waals surface area contributed by atoms with Gasteiger partial charge in [-0.3, -0.25) is 0 Å². The summed E-state index contributed by atoms with van der Waals surface area (Å²) in [7, 11) is 0. The molecule has 0 saturated heterocycles. The van der Waals surface area contributed by atoms with Gasteiger partial charge in [-0.25, -0.2) is 0 Å². The maximum atomic E-state index is 8.81. The van der Waals surface area contributed by atoms with Gasteiger partial charge in [0, 0.05) is 5.56 Å². The molecule has 5 nitrogen and oxygen atoms in total. The second-order valence-corrected chi connectivity index (χ2v) is 3.13. The van der Waals surface area contributed by atoms with Crippen molar-refractivity contribution >= 4 is 0 Å². The molecule has 0 fully saturated rings. The van der Waals surface area contributed by atoms with Gasteiger partial charge in [0.25, 0.3) is 5.89 Å². The fourth-order valence-electron chi connectivity index (χ4n) is 1.30. The molecule has 1 aromatic carbocycles. The first-order valence-electron chi connectivity index (χ1n) is 5.00. The molecule has 5 heteroatoms. The number of hydrogen-bond donors (Lipinski definition) is 1. The van der Waals surface area contributed by atoms with Crippen molar-refractivity contribution in [3.05, 3.63) is 30.1 Å². The summed E-state index contributed by atoms with van der Waals surface area (Å²) < 4.78 is 10.3. The summed E-state index contributed by atoms with van der Waals surface area (Å²) in [5, 5.41) is 12.4. The molecular weight excluding hydrogens is 208 g/mol. The van der Waals surface area contributed by atoms with E-state index in [0.717, 1.165) is 11.3 Å².